The van der Waals surface area contributed by atoms with Crippen molar-refractivity contribution in [3.63, 3.8) is 0 Å². The van der Waals surface area contributed by atoms with Crippen molar-refractivity contribution in [2.24, 2.45) is 0 Å². The highest BCUT2D eigenvalue weighted by Crippen LogP contribution is 2.21. The summed E-state index contributed by atoms with van der Waals surface area (Å²) in [5, 5.41) is 7.30. The van der Waals surface area contributed by atoms with Gasteiger partial charge in [0, 0.05) is 30.8 Å². The van der Waals surface area contributed by atoms with Gasteiger partial charge in [-0.15, -0.1) is 0 Å². The van der Waals surface area contributed by atoms with Gasteiger partial charge in [-0.25, -0.2) is 0 Å². The minimum absolute atomic E-state index is 0.0857. The SMILES string of the molecule is O=C(Cc1cc(=O)[nH][nH]c1=O)NCCC1CCCCN1Cc1ccccc1. The number of carbonyl (C=O) groups excluding carboxylic acids is 1. The normalized spacial score (nSPS) is 17.6. The Hall–Kier alpha value is -2.67. The molecule has 0 saturated carbocycles. The molecular weight excluding hydrogens is 344 g/mol. The van der Waals surface area contributed by atoms with E-state index in [0.717, 1.165) is 25.9 Å². The van der Waals surface area contributed by atoms with Gasteiger partial charge in [0.25, 0.3) is 11.1 Å². The number of H-pyrrole nitrogens is 2. The van der Waals surface area contributed by atoms with E-state index in [-0.39, 0.29) is 17.9 Å². The van der Waals surface area contributed by atoms with Crippen molar-refractivity contribution >= 4 is 5.91 Å². The Morgan fingerprint density at radius 2 is 1.96 bits per heavy atom. The summed E-state index contributed by atoms with van der Waals surface area (Å²) in [6.45, 7) is 2.58. The first kappa shape index (κ1) is 19.1. The molecule has 144 valence electrons. The van der Waals surface area contributed by atoms with Crippen LogP contribution < -0.4 is 16.4 Å². The third-order valence-electron chi connectivity index (χ3n) is 5.02. The van der Waals surface area contributed by atoms with Crippen LogP contribution in [0.1, 0.15) is 36.8 Å². The second-order valence-electron chi connectivity index (χ2n) is 7.03. The highest BCUT2D eigenvalue weighted by molar-refractivity contribution is 5.78. The van der Waals surface area contributed by atoms with Crippen molar-refractivity contribution in [2.45, 2.75) is 44.7 Å². The molecule has 7 heteroatoms. The van der Waals surface area contributed by atoms with Crippen LogP contribution in [0.4, 0.5) is 0 Å². The lowest BCUT2D eigenvalue weighted by molar-refractivity contribution is -0.120. The number of hydrogen-bond donors (Lipinski definition) is 3. The Bertz CT molecular complexity index is 859. The van der Waals surface area contributed by atoms with Crippen molar-refractivity contribution < 1.29 is 4.79 Å². The van der Waals surface area contributed by atoms with Crippen LogP contribution in [0.15, 0.2) is 46.0 Å². The molecule has 1 atom stereocenters. The highest BCUT2D eigenvalue weighted by atomic mass is 16.2. The number of nitrogens with one attached hydrogen (secondary N) is 3. The number of likely N-dealkylation sites (tertiary alicyclic amines) is 1. The van der Waals surface area contributed by atoms with Crippen LogP contribution in [-0.4, -0.2) is 40.1 Å². The number of benzene rings is 1. The summed E-state index contributed by atoms with van der Waals surface area (Å²) in [5.41, 5.74) is 0.629. The number of amides is 1. The molecule has 1 aromatic heterocycles. The summed E-state index contributed by atoms with van der Waals surface area (Å²) < 4.78 is 0. The molecule has 3 N–H and O–H groups in total. The van der Waals surface area contributed by atoms with Gasteiger partial charge in [0.15, 0.2) is 0 Å². The fourth-order valence-electron chi connectivity index (χ4n) is 3.62. The Morgan fingerprint density at radius 3 is 2.78 bits per heavy atom. The molecule has 2 heterocycles. The summed E-state index contributed by atoms with van der Waals surface area (Å²) in [6.07, 6.45) is 4.35. The number of rotatable bonds is 7. The number of hydrogen-bond acceptors (Lipinski definition) is 4. The number of aromatic nitrogens is 2. The number of piperidine rings is 1. The molecule has 1 amide bonds. The van der Waals surface area contributed by atoms with Gasteiger partial charge in [-0.1, -0.05) is 36.8 Å². The van der Waals surface area contributed by atoms with Crippen molar-refractivity contribution in [1.82, 2.24) is 20.4 Å². The van der Waals surface area contributed by atoms with Crippen LogP contribution in [-0.2, 0) is 17.8 Å². The van der Waals surface area contributed by atoms with E-state index in [1.807, 2.05) is 6.07 Å². The van der Waals surface area contributed by atoms with Crippen LogP contribution >= 0.6 is 0 Å². The molecule has 2 aromatic rings. The van der Waals surface area contributed by atoms with Crippen molar-refractivity contribution in [3.8, 4) is 0 Å². The van der Waals surface area contributed by atoms with Crippen LogP contribution in [0.3, 0.4) is 0 Å². The van der Waals surface area contributed by atoms with E-state index in [2.05, 4.69) is 44.7 Å². The third-order valence-corrected chi connectivity index (χ3v) is 5.02. The van der Waals surface area contributed by atoms with E-state index in [1.165, 1.54) is 24.5 Å². The number of nitrogens with zero attached hydrogens (tertiary/aromatic N) is 1. The minimum Gasteiger partial charge on any atom is -0.356 e. The van der Waals surface area contributed by atoms with Gasteiger partial charge in [-0.2, -0.15) is 0 Å². The van der Waals surface area contributed by atoms with Crippen molar-refractivity contribution in [3.05, 3.63) is 68.2 Å². The molecular formula is C20H26N4O3. The molecule has 0 spiro atoms. The second kappa shape index (κ2) is 9.32. The van der Waals surface area contributed by atoms with Crippen LogP contribution in [0.5, 0.6) is 0 Å². The van der Waals surface area contributed by atoms with E-state index in [4.69, 9.17) is 0 Å². The molecule has 1 aliphatic heterocycles. The topological polar surface area (TPSA) is 98.1 Å². The Kier molecular flexibility index (Phi) is 6.59. The van der Waals surface area contributed by atoms with Gasteiger partial charge < -0.3 is 5.32 Å². The quantitative estimate of drug-likeness (QED) is 0.681. The maximum atomic E-state index is 12.1. The molecule has 27 heavy (non-hydrogen) atoms. The van der Waals surface area contributed by atoms with Crippen molar-refractivity contribution in [1.29, 1.82) is 0 Å². The smallest absolute Gasteiger partial charge is 0.266 e. The van der Waals surface area contributed by atoms with E-state index >= 15 is 0 Å². The second-order valence-corrected chi connectivity index (χ2v) is 7.03. The molecule has 1 unspecified atom stereocenters. The van der Waals surface area contributed by atoms with E-state index in [9.17, 15) is 14.4 Å². The van der Waals surface area contributed by atoms with Gasteiger partial charge in [-0.3, -0.25) is 29.5 Å². The maximum absolute atomic E-state index is 12.1. The molecule has 7 nitrogen and oxygen atoms in total. The van der Waals surface area contributed by atoms with E-state index in [1.54, 1.807) is 0 Å². The van der Waals surface area contributed by atoms with Crippen LogP contribution in [0.2, 0.25) is 0 Å². The summed E-state index contributed by atoms with van der Waals surface area (Å²) in [6, 6.07) is 12.1. The highest BCUT2D eigenvalue weighted by Gasteiger charge is 2.22. The van der Waals surface area contributed by atoms with Gasteiger partial charge in [0.1, 0.15) is 0 Å². The molecule has 0 aliphatic carbocycles. The maximum Gasteiger partial charge on any atom is 0.266 e. The van der Waals surface area contributed by atoms with Gasteiger partial charge in [-0.05, 0) is 31.4 Å². The summed E-state index contributed by atoms with van der Waals surface area (Å²) in [7, 11) is 0. The first-order valence-corrected chi connectivity index (χ1v) is 9.47. The largest absolute Gasteiger partial charge is 0.356 e. The van der Waals surface area contributed by atoms with E-state index in [0.29, 0.717) is 12.6 Å². The zero-order valence-corrected chi connectivity index (χ0v) is 15.4. The lowest BCUT2D eigenvalue weighted by Crippen LogP contribution is -2.41. The Labute approximate surface area is 157 Å². The lowest BCUT2D eigenvalue weighted by Gasteiger charge is -2.36. The summed E-state index contributed by atoms with van der Waals surface area (Å²) in [5.74, 6) is -0.239. The zero-order valence-electron chi connectivity index (χ0n) is 15.4. The molecule has 1 aliphatic rings. The molecule has 3 rings (SSSR count). The molecule has 1 saturated heterocycles. The molecule has 1 fully saturated rings. The first-order valence-electron chi connectivity index (χ1n) is 9.47. The van der Waals surface area contributed by atoms with Gasteiger partial charge in [0.2, 0.25) is 5.91 Å². The summed E-state index contributed by atoms with van der Waals surface area (Å²) in [4.78, 5) is 37.5. The average molecular weight is 370 g/mol. The molecule has 1 aromatic carbocycles. The van der Waals surface area contributed by atoms with Gasteiger partial charge >= 0.3 is 0 Å². The number of aromatic amines is 2. The third kappa shape index (κ3) is 5.65. The van der Waals surface area contributed by atoms with Crippen LogP contribution in [0.25, 0.3) is 0 Å². The predicted octanol–water partition coefficient (Wildman–Crippen LogP) is 1.17. The zero-order chi connectivity index (χ0) is 19.1. The monoisotopic (exact) mass is 370 g/mol. The van der Waals surface area contributed by atoms with Crippen molar-refractivity contribution in [2.75, 3.05) is 13.1 Å². The molecule has 0 bridgehead atoms. The fraction of sp³-hybridized carbons (Fsp3) is 0.450. The fourth-order valence-corrected chi connectivity index (χ4v) is 3.62. The Balaban J connectivity index is 1.49. The molecule has 0 radical (unpaired) electrons. The van der Waals surface area contributed by atoms with Gasteiger partial charge in [0.05, 0.1) is 6.42 Å². The number of carbonyl (C=O) groups is 1. The van der Waals surface area contributed by atoms with Crippen LogP contribution in [0, 0.1) is 0 Å². The van der Waals surface area contributed by atoms with E-state index < -0.39 is 11.1 Å². The average Bonchev–Trinajstić information content (AvgIpc) is 2.67. The predicted molar refractivity (Wildman–Crippen MR) is 104 cm³/mol. The standard InChI is InChI=1S/C20H26N4O3/c25-18(12-16-13-19(26)22-23-20(16)27)21-10-9-17-8-4-5-11-24(17)14-15-6-2-1-3-7-15/h1-3,6-7,13,17H,4-5,8-12,14H2,(H,21,25)(H,22,26)(H,23,27). The lowest BCUT2D eigenvalue weighted by atomic mass is 9.98. The minimum atomic E-state index is -0.439. The Morgan fingerprint density at radius 1 is 1.15 bits per heavy atom. The first-order chi connectivity index (χ1) is 13.1. The summed E-state index contributed by atoms with van der Waals surface area (Å²) >= 11 is 0.